The van der Waals surface area contributed by atoms with Crippen LogP contribution in [0.15, 0.2) is 54.6 Å². The molecule has 0 aliphatic carbocycles. The monoisotopic (exact) mass is 220 g/mol. The molecule has 2 aromatic carbocycles. The lowest BCUT2D eigenvalue weighted by atomic mass is 10.0. The smallest absolute Gasteiger partial charge is 0.0245 e. The fourth-order valence-electron chi connectivity index (χ4n) is 1.73. The van der Waals surface area contributed by atoms with Gasteiger partial charge in [0.2, 0.25) is 0 Å². The summed E-state index contributed by atoms with van der Waals surface area (Å²) in [6.07, 6.45) is 1.90. The lowest BCUT2D eigenvalue weighted by Crippen LogP contribution is -1.87. The third-order valence-electron chi connectivity index (χ3n) is 2.61. The highest BCUT2D eigenvalue weighted by Gasteiger charge is 1.95. The van der Waals surface area contributed by atoms with Crippen LogP contribution in [0.5, 0.6) is 0 Å². The van der Waals surface area contributed by atoms with Crippen LogP contribution in [0.4, 0.5) is 0 Å². The molecule has 0 saturated carbocycles. The molecule has 0 heteroatoms. The van der Waals surface area contributed by atoms with Crippen LogP contribution in [-0.4, -0.2) is 0 Å². The van der Waals surface area contributed by atoms with E-state index in [9.17, 15) is 0 Å². The van der Waals surface area contributed by atoms with Crippen molar-refractivity contribution < 1.29 is 0 Å². The van der Waals surface area contributed by atoms with E-state index in [1.54, 1.807) is 0 Å². The van der Waals surface area contributed by atoms with Crippen LogP contribution < -0.4 is 0 Å². The highest BCUT2D eigenvalue weighted by atomic mass is 14.0. The zero-order valence-electron chi connectivity index (χ0n) is 10.1. The second kappa shape index (κ2) is 5.92. The van der Waals surface area contributed by atoms with Gasteiger partial charge >= 0.3 is 0 Å². The summed E-state index contributed by atoms with van der Waals surface area (Å²) < 4.78 is 0. The summed E-state index contributed by atoms with van der Waals surface area (Å²) in [5, 5.41) is 0. The minimum atomic E-state index is 0.908. The second-order valence-corrected chi connectivity index (χ2v) is 4.01. The molecule has 17 heavy (non-hydrogen) atoms. The highest BCUT2D eigenvalue weighted by Crippen LogP contribution is 2.10. The molecule has 0 nitrogen and oxygen atoms in total. The Hall–Kier alpha value is -2.00. The number of benzene rings is 2. The SMILES string of the molecule is CCC#Cc1ccc(Cc2ccccc2)cc1. The number of hydrogen-bond donors (Lipinski definition) is 0. The summed E-state index contributed by atoms with van der Waals surface area (Å²) in [5.74, 6) is 6.22. The Balaban J connectivity index is 2.08. The Bertz CT molecular complexity index is 509. The Kier molecular flexibility index (Phi) is 4.00. The van der Waals surface area contributed by atoms with E-state index >= 15 is 0 Å². The Labute approximate surface area is 103 Å². The molecule has 0 aliphatic rings. The van der Waals surface area contributed by atoms with Crippen LogP contribution in [0, 0.1) is 11.8 Å². The van der Waals surface area contributed by atoms with Gasteiger partial charge in [-0.2, -0.15) is 0 Å². The third kappa shape index (κ3) is 3.50. The molecule has 0 N–H and O–H groups in total. The molecule has 0 saturated heterocycles. The first-order valence-electron chi connectivity index (χ1n) is 6.00. The van der Waals surface area contributed by atoms with Gasteiger partial charge < -0.3 is 0 Å². The first-order chi connectivity index (χ1) is 8.38. The summed E-state index contributed by atoms with van der Waals surface area (Å²) in [5.41, 5.74) is 3.78. The number of hydrogen-bond acceptors (Lipinski definition) is 0. The topological polar surface area (TPSA) is 0 Å². The molecule has 2 rings (SSSR count). The molecule has 0 aliphatic heterocycles. The zero-order chi connectivity index (χ0) is 11.9. The third-order valence-corrected chi connectivity index (χ3v) is 2.61. The van der Waals surface area contributed by atoms with Crippen molar-refractivity contribution >= 4 is 0 Å². The molecule has 0 unspecified atom stereocenters. The van der Waals surface area contributed by atoms with E-state index in [-0.39, 0.29) is 0 Å². The molecule has 2 aromatic rings. The van der Waals surface area contributed by atoms with E-state index in [0.29, 0.717) is 0 Å². The molecule has 0 bridgehead atoms. The predicted molar refractivity (Wildman–Crippen MR) is 72.9 cm³/mol. The van der Waals surface area contributed by atoms with E-state index in [0.717, 1.165) is 18.4 Å². The van der Waals surface area contributed by atoms with Crippen LogP contribution >= 0.6 is 0 Å². The Morgan fingerprint density at radius 1 is 0.824 bits per heavy atom. The molecular formula is C17H16. The quantitative estimate of drug-likeness (QED) is 0.670. The molecule has 0 heterocycles. The Morgan fingerprint density at radius 2 is 1.47 bits per heavy atom. The van der Waals surface area contributed by atoms with Crippen LogP contribution in [0.2, 0.25) is 0 Å². The van der Waals surface area contributed by atoms with Gasteiger partial charge in [-0.1, -0.05) is 61.2 Å². The summed E-state index contributed by atoms with van der Waals surface area (Å²) >= 11 is 0. The van der Waals surface area contributed by atoms with E-state index < -0.39 is 0 Å². The van der Waals surface area contributed by atoms with Crippen LogP contribution in [-0.2, 0) is 6.42 Å². The highest BCUT2D eigenvalue weighted by molar-refractivity contribution is 5.37. The zero-order valence-corrected chi connectivity index (χ0v) is 10.1. The summed E-state index contributed by atoms with van der Waals surface area (Å²) in [6, 6.07) is 19.0. The van der Waals surface area contributed by atoms with Crippen molar-refractivity contribution in [2.45, 2.75) is 19.8 Å². The van der Waals surface area contributed by atoms with Gasteiger partial charge in [-0.15, -0.1) is 0 Å². The van der Waals surface area contributed by atoms with Gasteiger partial charge in [-0.25, -0.2) is 0 Å². The van der Waals surface area contributed by atoms with Gasteiger partial charge in [0.05, 0.1) is 0 Å². The minimum absolute atomic E-state index is 0.908. The van der Waals surface area contributed by atoms with Crippen molar-refractivity contribution in [2.75, 3.05) is 0 Å². The van der Waals surface area contributed by atoms with Crippen LogP contribution in [0.3, 0.4) is 0 Å². The summed E-state index contributed by atoms with van der Waals surface area (Å²) in [6.45, 7) is 2.07. The van der Waals surface area contributed by atoms with Crippen molar-refractivity contribution in [1.29, 1.82) is 0 Å². The molecule has 0 radical (unpaired) electrons. The summed E-state index contributed by atoms with van der Waals surface area (Å²) in [7, 11) is 0. The lowest BCUT2D eigenvalue weighted by molar-refractivity contribution is 1.19. The maximum absolute atomic E-state index is 3.14. The van der Waals surface area contributed by atoms with Gasteiger partial charge in [-0.05, 0) is 29.7 Å². The first kappa shape index (κ1) is 11.5. The van der Waals surface area contributed by atoms with Crippen LogP contribution in [0.25, 0.3) is 0 Å². The predicted octanol–water partition coefficient (Wildman–Crippen LogP) is 4.04. The normalized spacial score (nSPS) is 9.47. The molecular weight excluding hydrogens is 204 g/mol. The average molecular weight is 220 g/mol. The van der Waals surface area contributed by atoms with Gasteiger partial charge in [0, 0.05) is 12.0 Å². The van der Waals surface area contributed by atoms with Crippen molar-refractivity contribution in [2.24, 2.45) is 0 Å². The standard InChI is InChI=1S/C17H16/c1-2-3-7-15-10-12-17(13-11-15)14-16-8-5-4-6-9-16/h4-6,8-13H,2,14H2,1H3. The van der Waals surface area contributed by atoms with Gasteiger partial charge in [-0.3, -0.25) is 0 Å². The van der Waals surface area contributed by atoms with E-state index in [2.05, 4.69) is 67.3 Å². The largest absolute Gasteiger partial charge is 0.0982 e. The van der Waals surface area contributed by atoms with E-state index in [4.69, 9.17) is 0 Å². The molecule has 0 amide bonds. The average Bonchev–Trinajstić information content (AvgIpc) is 2.39. The molecule has 0 aromatic heterocycles. The van der Waals surface area contributed by atoms with Crippen molar-refractivity contribution in [3.05, 3.63) is 71.3 Å². The summed E-state index contributed by atoms with van der Waals surface area (Å²) in [4.78, 5) is 0. The van der Waals surface area contributed by atoms with E-state index in [1.165, 1.54) is 11.1 Å². The molecule has 0 spiro atoms. The van der Waals surface area contributed by atoms with Gasteiger partial charge in [0.1, 0.15) is 0 Å². The van der Waals surface area contributed by atoms with Gasteiger partial charge in [0.15, 0.2) is 0 Å². The van der Waals surface area contributed by atoms with Crippen molar-refractivity contribution in [1.82, 2.24) is 0 Å². The van der Waals surface area contributed by atoms with Crippen molar-refractivity contribution in [3.8, 4) is 11.8 Å². The maximum atomic E-state index is 3.14. The minimum Gasteiger partial charge on any atom is -0.0982 e. The second-order valence-electron chi connectivity index (χ2n) is 4.01. The van der Waals surface area contributed by atoms with Crippen LogP contribution in [0.1, 0.15) is 30.0 Å². The molecule has 0 fully saturated rings. The fraction of sp³-hybridized carbons (Fsp3) is 0.176. The molecule has 84 valence electrons. The van der Waals surface area contributed by atoms with Gasteiger partial charge in [0.25, 0.3) is 0 Å². The van der Waals surface area contributed by atoms with Crippen molar-refractivity contribution in [3.63, 3.8) is 0 Å². The molecule has 0 atom stereocenters. The maximum Gasteiger partial charge on any atom is 0.0245 e. The first-order valence-corrected chi connectivity index (χ1v) is 6.00. The Morgan fingerprint density at radius 3 is 2.12 bits per heavy atom. The van der Waals surface area contributed by atoms with E-state index in [1.807, 2.05) is 6.07 Å². The fourth-order valence-corrected chi connectivity index (χ4v) is 1.73. The lowest BCUT2D eigenvalue weighted by Gasteiger charge is -2.01. The number of rotatable bonds is 2.